The monoisotopic (exact) mass is 388 g/mol. The molecule has 0 radical (unpaired) electrons. The molecular weight excluding hydrogens is 372 g/mol. The number of amides is 2. The summed E-state index contributed by atoms with van der Waals surface area (Å²) in [5.41, 5.74) is -0.312. The standard InChI is InChI=1S/C14H17BrN2O4S/c1-14(5-6-22(20,21)9-14)17-12(18)8-16-13(19)10-3-2-4-11(15)7-10/h2-4,7H,5-6,8-9H2,1H3,(H,16,19)(H,17,18). The van der Waals surface area contributed by atoms with Gasteiger partial charge in [0.15, 0.2) is 9.84 Å². The van der Waals surface area contributed by atoms with Crippen LogP contribution < -0.4 is 10.6 Å². The van der Waals surface area contributed by atoms with Gasteiger partial charge in [-0.2, -0.15) is 0 Å². The van der Waals surface area contributed by atoms with Gasteiger partial charge in [-0.15, -0.1) is 0 Å². The van der Waals surface area contributed by atoms with E-state index in [9.17, 15) is 18.0 Å². The summed E-state index contributed by atoms with van der Waals surface area (Å²) in [7, 11) is -3.09. The van der Waals surface area contributed by atoms with Crippen molar-refractivity contribution in [3.63, 3.8) is 0 Å². The molecule has 1 heterocycles. The highest BCUT2D eigenvalue weighted by molar-refractivity contribution is 9.10. The predicted octanol–water partition coefficient (Wildman–Crippen LogP) is 0.872. The fraction of sp³-hybridized carbons (Fsp3) is 0.429. The Balaban J connectivity index is 1.87. The number of nitrogens with one attached hydrogen (secondary N) is 2. The number of hydrogen-bond acceptors (Lipinski definition) is 4. The molecule has 1 aliphatic rings. The Labute approximate surface area is 137 Å². The maximum atomic E-state index is 11.9. The summed E-state index contributed by atoms with van der Waals surface area (Å²) in [5, 5.41) is 5.20. The molecule has 0 bridgehead atoms. The quantitative estimate of drug-likeness (QED) is 0.800. The van der Waals surface area contributed by atoms with Gasteiger partial charge in [-0.25, -0.2) is 8.42 Å². The fourth-order valence-corrected chi connectivity index (χ4v) is 4.87. The summed E-state index contributed by atoms with van der Waals surface area (Å²) in [6, 6.07) is 6.81. The minimum atomic E-state index is -3.09. The number of rotatable bonds is 4. The predicted molar refractivity (Wildman–Crippen MR) is 86.3 cm³/mol. The molecule has 22 heavy (non-hydrogen) atoms. The van der Waals surface area contributed by atoms with E-state index in [2.05, 4.69) is 26.6 Å². The van der Waals surface area contributed by atoms with E-state index in [1.54, 1.807) is 31.2 Å². The zero-order valence-corrected chi connectivity index (χ0v) is 14.5. The van der Waals surface area contributed by atoms with Gasteiger partial charge in [-0.3, -0.25) is 9.59 Å². The number of hydrogen-bond donors (Lipinski definition) is 2. The van der Waals surface area contributed by atoms with Crippen molar-refractivity contribution in [2.24, 2.45) is 0 Å². The lowest BCUT2D eigenvalue weighted by molar-refractivity contribution is -0.121. The van der Waals surface area contributed by atoms with E-state index < -0.39 is 21.3 Å². The molecule has 0 saturated carbocycles. The Morgan fingerprint density at radius 3 is 2.68 bits per heavy atom. The van der Waals surface area contributed by atoms with Crippen LogP contribution in [0.25, 0.3) is 0 Å². The Hall–Kier alpha value is -1.41. The van der Waals surface area contributed by atoms with Crippen LogP contribution in [0.3, 0.4) is 0 Å². The third kappa shape index (κ3) is 4.54. The zero-order chi connectivity index (χ0) is 16.4. The van der Waals surface area contributed by atoms with Crippen LogP contribution in [0.15, 0.2) is 28.7 Å². The van der Waals surface area contributed by atoms with Crippen molar-refractivity contribution in [3.05, 3.63) is 34.3 Å². The largest absolute Gasteiger partial charge is 0.348 e. The molecule has 1 atom stereocenters. The first kappa shape index (κ1) is 17.0. The summed E-state index contributed by atoms with van der Waals surface area (Å²) in [6.07, 6.45) is 0.390. The number of sulfone groups is 1. The molecule has 8 heteroatoms. The maximum Gasteiger partial charge on any atom is 0.251 e. The highest BCUT2D eigenvalue weighted by Gasteiger charge is 2.39. The number of benzene rings is 1. The van der Waals surface area contributed by atoms with Crippen molar-refractivity contribution in [3.8, 4) is 0 Å². The molecule has 1 aromatic carbocycles. The Morgan fingerprint density at radius 2 is 2.09 bits per heavy atom. The molecule has 1 saturated heterocycles. The van der Waals surface area contributed by atoms with Gasteiger partial charge in [-0.1, -0.05) is 22.0 Å². The molecule has 0 aliphatic carbocycles. The number of halogens is 1. The summed E-state index contributed by atoms with van der Waals surface area (Å²) in [4.78, 5) is 23.8. The first-order chi connectivity index (χ1) is 10.2. The lowest BCUT2D eigenvalue weighted by Crippen LogP contribution is -2.50. The molecule has 1 aliphatic heterocycles. The first-order valence-electron chi connectivity index (χ1n) is 6.74. The molecule has 1 fully saturated rings. The van der Waals surface area contributed by atoms with Gasteiger partial charge in [0.05, 0.1) is 23.6 Å². The second-order valence-electron chi connectivity index (χ2n) is 5.64. The molecule has 2 amide bonds. The van der Waals surface area contributed by atoms with Gasteiger partial charge in [0.2, 0.25) is 5.91 Å². The molecule has 2 N–H and O–H groups in total. The van der Waals surface area contributed by atoms with E-state index in [4.69, 9.17) is 0 Å². The van der Waals surface area contributed by atoms with Crippen LogP contribution in [-0.4, -0.2) is 43.8 Å². The lowest BCUT2D eigenvalue weighted by Gasteiger charge is -2.23. The Bertz CT molecular complexity index is 705. The maximum absolute atomic E-state index is 11.9. The van der Waals surface area contributed by atoms with Crippen molar-refractivity contribution in [1.29, 1.82) is 0 Å². The highest BCUT2D eigenvalue weighted by atomic mass is 79.9. The van der Waals surface area contributed by atoms with Crippen molar-refractivity contribution >= 4 is 37.6 Å². The van der Waals surface area contributed by atoms with Gasteiger partial charge in [0, 0.05) is 10.0 Å². The van der Waals surface area contributed by atoms with Crippen molar-refractivity contribution in [2.75, 3.05) is 18.1 Å². The van der Waals surface area contributed by atoms with E-state index >= 15 is 0 Å². The highest BCUT2D eigenvalue weighted by Crippen LogP contribution is 2.22. The Morgan fingerprint density at radius 1 is 1.36 bits per heavy atom. The van der Waals surface area contributed by atoms with Crippen LogP contribution in [-0.2, 0) is 14.6 Å². The van der Waals surface area contributed by atoms with E-state index in [0.29, 0.717) is 12.0 Å². The molecular formula is C14H17BrN2O4S. The van der Waals surface area contributed by atoms with E-state index in [1.165, 1.54) is 0 Å². The lowest BCUT2D eigenvalue weighted by atomic mass is 10.0. The SMILES string of the molecule is CC1(NC(=O)CNC(=O)c2cccc(Br)c2)CCS(=O)(=O)C1. The summed E-state index contributed by atoms with van der Waals surface area (Å²) >= 11 is 3.27. The van der Waals surface area contributed by atoms with E-state index in [-0.39, 0.29) is 24.0 Å². The van der Waals surface area contributed by atoms with Crippen LogP contribution in [0.1, 0.15) is 23.7 Å². The Kier molecular flexibility index (Phi) is 4.91. The zero-order valence-electron chi connectivity index (χ0n) is 12.1. The van der Waals surface area contributed by atoms with Crippen molar-refractivity contribution < 1.29 is 18.0 Å². The second kappa shape index (κ2) is 6.37. The molecule has 6 nitrogen and oxygen atoms in total. The topological polar surface area (TPSA) is 92.3 Å². The molecule has 0 spiro atoms. The van der Waals surface area contributed by atoms with Gasteiger partial charge >= 0.3 is 0 Å². The van der Waals surface area contributed by atoms with Crippen LogP contribution in [0, 0.1) is 0 Å². The fourth-order valence-electron chi connectivity index (χ4n) is 2.38. The molecule has 120 valence electrons. The third-order valence-corrected chi connectivity index (χ3v) is 5.84. The summed E-state index contributed by atoms with van der Waals surface area (Å²) in [6.45, 7) is 1.51. The molecule has 1 unspecified atom stereocenters. The van der Waals surface area contributed by atoms with Crippen LogP contribution >= 0.6 is 15.9 Å². The van der Waals surface area contributed by atoms with Crippen LogP contribution in [0.2, 0.25) is 0 Å². The van der Waals surface area contributed by atoms with Gasteiger partial charge in [0.25, 0.3) is 5.91 Å². The normalized spacial score (nSPS) is 23.0. The minimum Gasteiger partial charge on any atom is -0.348 e. The molecule has 1 aromatic rings. The number of carbonyl (C=O) groups is 2. The number of carbonyl (C=O) groups excluding carboxylic acids is 2. The van der Waals surface area contributed by atoms with E-state index in [1.807, 2.05) is 0 Å². The molecule has 2 rings (SSSR count). The average molecular weight is 389 g/mol. The van der Waals surface area contributed by atoms with Gasteiger partial charge in [0.1, 0.15) is 0 Å². The van der Waals surface area contributed by atoms with Crippen molar-refractivity contribution in [2.45, 2.75) is 18.9 Å². The van der Waals surface area contributed by atoms with Gasteiger partial charge < -0.3 is 10.6 Å². The second-order valence-corrected chi connectivity index (χ2v) is 8.74. The minimum absolute atomic E-state index is 0.0642. The summed E-state index contributed by atoms with van der Waals surface area (Å²) in [5.74, 6) is -0.747. The van der Waals surface area contributed by atoms with Crippen LogP contribution in [0.4, 0.5) is 0 Å². The first-order valence-corrected chi connectivity index (χ1v) is 9.36. The molecule has 0 aromatic heterocycles. The summed E-state index contributed by atoms with van der Waals surface area (Å²) < 4.78 is 23.7. The van der Waals surface area contributed by atoms with Gasteiger partial charge in [-0.05, 0) is 31.5 Å². The average Bonchev–Trinajstić information content (AvgIpc) is 2.69. The van der Waals surface area contributed by atoms with Crippen LogP contribution in [0.5, 0.6) is 0 Å². The van der Waals surface area contributed by atoms with E-state index in [0.717, 1.165) is 4.47 Å². The third-order valence-electron chi connectivity index (χ3n) is 3.44. The smallest absolute Gasteiger partial charge is 0.251 e. The van der Waals surface area contributed by atoms with Crippen molar-refractivity contribution in [1.82, 2.24) is 10.6 Å².